The van der Waals surface area contributed by atoms with Gasteiger partial charge in [-0.15, -0.1) is 0 Å². The van der Waals surface area contributed by atoms with E-state index in [0.717, 1.165) is 82.8 Å². The Kier molecular flexibility index (Phi) is 8.40. The fourth-order valence-corrected chi connectivity index (χ4v) is 8.80. The minimum Gasteiger partial charge on any atom is -0.381 e. The van der Waals surface area contributed by atoms with Crippen LogP contribution in [0.4, 0.5) is 0 Å². The topological polar surface area (TPSA) is 77.4 Å². The lowest BCUT2D eigenvalue weighted by Gasteiger charge is -2.39. The van der Waals surface area contributed by atoms with Gasteiger partial charge in [0.1, 0.15) is 0 Å². The van der Waals surface area contributed by atoms with E-state index in [1.807, 2.05) is 0 Å². The van der Waals surface area contributed by atoms with Crippen molar-refractivity contribution in [2.75, 3.05) is 21.3 Å². The molecule has 0 amide bonds. The standard InChI is InChI=1S/C25H44N2O5S/c1-17-9-12-19(13-10-17)33(28,29)27-22(20-7-5-6-8-23(20)30-2)16-21(26-27)18-11-14-24(31-3)25(15-18)32-4/h17-20,22-25H,5-16H2,1-4H3. The van der Waals surface area contributed by atoms with Crippen molar-refractivity contribution in [2.24, 2.45) is 22.9 Å². The number of methoxy groups -OCH3 is 3. The SMILES string of the molecule is COC1CCC(C2=NN(S(=O)(=O)C3CCC(C)CC3)C(C3CCCCC3OC)C2)CC1OC. The molecule has 0 radical (unpaired) electrons. The zero-order valence-corrected chi connectivity index (χ0v) is 21.8. The van der Waals surface area contributed by atoms with E-state index in [2.05, 4.69) is 6.92 Å². The average molecular weight is 485 g/mol. The van der Waals surface area contributed by atoms with Gasteiger partial charge in [0.15, 0.2) is 0 Å². The molecule has 1 aliphatic heterocycles. The summed E-state index contributed by atoms with van der Waals surface area (Å²) in [5, 5.41) is 4.63. The van der Waals surface area contributed by atoms with Gasteiger partial charge in [0, 0.05) is 45.3 Å². The molecule has 3 fully saturated rings. The Morgan fingerprint density at radius 3 is 2.15 bits per heavy atom. The average Bonchev–Trinajstić information content (AvgIpc) is 3.30. The summed E-state index contributed by atoms with van der Waals surface area (Å²) in [4.78, 5) is 0. The number of hydrogen-bond acceptors (Lipinski definition) is 6. The van der Waals surface area contributed by atoms with Gasteiger partial charge < -0.3 is 14.2 Å². The van der Waals surface area contributed by atoms with Crippen molar-refractivity contribution in [1.29, 1.82) is 0 Å². The normalized spacial score (nSPS) is 40.6. The maximum Gasteiger partial charge on any atom is 0.252 e. The lowest BCUT2D eigenvalue weighted by atomic mass is 9.77. The molecule has 0 N–H and O–H groups in total. The van der Waals surface area contributed by atoms with Crippen LogP contribution in [0.1, 0.15) is 84.0 Å². The van der Waals surface area contributed by atoms with E-state index in [1.54, 1.807) is 25.7 Å². The van der Waals surface area contributed by atoms with E-state index in [9.17, 15) is 8.42 Å². The largest absolute Gasteiger partial charge is 0.381 e. The van der Waals surface area contributed by atoms with Gasteiger partial charge in [-0.25, -0.2) is 8.42 Å². The van der Waals surface area contributed by atoms with Gasteiger partial charge in [-0.1, -0.05) is 19.8 Å². The van der Waals surface area contributed by atoms with Gasteiger partial charge in [-0.2, -0.15) is 9.52 Å². The van der Waals surface area contributed by atoms with Gasteiger partial charge in [0.05, 0.1) is 29.6 Å². The van der Waals surface area contributed by atoms with E-state index in [-0.39, 0.29) is 41.4 Å². The molecule has 6 unspecified atom stereocenters. The molecule has 0 aromatic heterocycles. The van der Waals surface area contributed by atoms with E-state index in [1.165, 1.54) is 0 Å². The second-order valence-corrected chi connectivity index (χ2v) is 12.9. The summed E-state index contributed by atoms with van der Waals surface area (Å²) in [5.74, 6) is 1.07. The molecule has 4 aliphatic rings. The maximum absolute atomic E-state index is 13.9. The van der Waals surface area contributed by atoms with Crippen LogP contribution in [0.2, 0.25) is 0 Å². The van der Waals surface area contributed by atoms with Crippen LogP contribution in [0.3, 0.4) is 0 Å². The predicted octanol–water partition coefficient (Wildman–Crippen LogP) is 4.36. The Morgan fingerprint density at radius 1 is 0.818 bits per heavy atom. The molecule has 0 aromatic rings. The van der Waals surface area contributed by atoms with Crippen LogP contribution in [-0.2, 0) is 24.2 Å². The third kappa shape index (κ3) is 5.29. The number of nitrogens with zero attached hydrogens (tertiary/aromatic N) is 2. The third-order valence-electron chi connectivity index (χ3n) is 8.93. The highest BCUT2D eigenvalue weighted by Crippen LogP contribution is 2.42. The fourth-order valence-electron chi connectivity index (χ4n) is 6.80. The Hall–Kier alpha value is -0.700. The van der Waals surface area contributed by atoms with Gasteiger partial charge in [0.2, 0.25) is 0 Å². The molecule has 0 spiro atoms. The first-order valence-electron chi connectivity index (χ1n) is 13.1. The first-order chi connectivity index (χ1) is 15.9. The van der Waals surface area contributed by atoms with Crippen molar-refractivity contribution in [3.8, 4) is 0 Å². The van der Waals surface area contributed by atoms with Crippen LogP contribution in [0, 0.1) is 17.8 Å². The minimum atomic E-state index is -3.49. The van der Waals surface area contributed by atoms with Crippen LogP contribution in [0.5, 0.6) is 0 Å². The van der Waals surface area contributed by atoms with Crippen molar-refractivity contribution in [2.45, 2.75) is 114 Å². The molecule has 0 saturated heterocycles. The summed E-state index contributed by atoms with van der Waals surface area (Å²) in [6, 6.07) is -0.115. The molecular weight excluding hydrogens is 440 g/mol. The molecule has 0 bridgehead atoms. The van der Waals surface area contributed by atoms with Crippen LogP contribution in [-0.4, -0.2) is 69.5 Å². The number of ether oxygens (including phenoxy) is 3. The fraction of sp³-hybridized carbons (Fsp3) is 0.960. The summed E-state index contributed by atoms with van der Waals surface area (Å²) in [7, 11) is 1.77. The summed E-state index contributed by atoms with van der Waals surface area (Å²) in [5.41, 5.74) is 1.05. The van der Waals surface area contributed by atoms with Crippen molar-refractivity contribution < 1.29 is 22.6 Å². The number of hydrogen-bond donors (Lipinski definition) is 0. The quantitative estimate of drug-likeness (QED) is 0.537. The second kappa shape index (κ2) is 10.9. The summed E-state index contributed by atoms with van der Waals surface area (Å²) in [6.07, 6.45) is 11.5. The summed E-state index contributed by atoms with van der Waals surface area (Å²) in [6.45, 7) is 2.23. The number of hydrazone groups is 1. The molecule has 6 atom stereocenters. The first-order valence-corrected chi connectivity index (χ1v) is 14.6. The molecule has 190 valence electrons. The Morgan fingerprint density at radius 2 is 1.48 bits per heavy atom. The van der Waals surface area contributed by atoms with Crippen LogP contribution >= 0.6 is 0 Å². The van der Waals surface area contributed by atoms with Gasteiger partial charge in [0.25, 0.3) is 10.0 Å². The monoisotopic (exact) mass is 484 g/mol. The summed E-state index contributed by atoms with van der Waals surface area (Å²) >= 11 is 0. The van der Waals surface area contributed by atoms with E-state index in [0.29, 0.717) is 5.92 Å². The Bertz CT molecular complexity index is 780. The third-order valence-corrected chi connectivity index (χ3v) is 11.1. The van der Waals surface area contributed by atoms with Crippen LogP contribution in [0.15, 0.2) is 5.10 Å². The van der Waals surface area contributed by atoms with Gasteiger partial charge in [-0.3, -0.25) is 0 Å². The molecule has 0 aromatic carbocycles. The van der Waals surface area contributed by atoms with E-state index >= 15 is 0 Å². The molecule has 8 heteroatoms. The van der Waals surface area contributed by atoms with Crippen LogP contribution < -0.4 is 0 Å². The minimum absolute atomic E-state index is 0.0294. The lowest BCUT2D eigenvalue weighted by Crippen LogP contribution is -2.48. The number of sulfonamides is 1. The highest BCUT2D eigenvalue weighted by molar-refractivity contribution is 7.89. The number of rotatable bonds is 7. The van der Waals surface area contributed by atoms with Crippen LogP contribution in [0.25, 0.3) is 0 Å². The Balaban J connectivity index is 1.60. The molecule has 33 heavy (non-hydrogen) atoms. The van der Waals surface area contributed by atoms with Gasteiger partial charge >= 0.3 is 0 Å². The van der Waals surface area contributed by atoms with E-state index < -0.39 is 10.0 Å². The smallest absolute Gasteiger partial charge is 0.252 e. The van der Waals surface area contributed by atoms with Crippen molar-refractivity contribution in [1.82, 2.24) is 4.41 Å². The van der Waals surface area contributed by atoms with Crippen molar-refractivity contribution in [3.05, 3.63) is 0 Å². The van der Waals surface area contributed by atoms with Gasteiger partial charge in [-0.05, 0) is 63.7 Å². The zero-order chi connectivity index (χ0) is 23.6. The lowest BCUT2D eigenvalue weighted by molar-refractivity contribution is -0.0639. The predicted molar refractivity (Wildman–Crippen MR) is 130 cm³/mol. The molecule has 7 nitrogen and oxygen atoms in total. The summed E-state index contributed by atoms with van der Waals surface area (Å²) < 4.78 is 46.7. The molecule has 3 saturated carbocycles. The maximum atomic E-state index is 13.9. The van der Waals surface area contributed by atoms with E-state index in [4.69, 9.17) is 19.3 Å². The molecular formula is C25H44N2O5S. The highest BCUT2D eigenvalue weighted by atomic mass is 32.2. The molecule has 4 rings (SSSR count). The molecule has 1 heterocycles. The zero-order valence-electron chi connectivity index (χ0n) is 20.9. The molecule has 3 aliphatic carbocycles. The highest BCUT2D eigenvalue weighted by Gasteiger charge is 2.48. The van der Waals surface area contributed by atoms with Crippen molar-refractivity contribution >= 4 is 15.7 Å². The second-order valence-electron chi connectivity index (χ2n) is 10.8. The Labute approximate surface area is 200 Å². The first kappa shape index (κ1) is 25.4. The van der Waals surface area contributed by atoms with Crippen molar-refractivity contribution in [3.63, 3.8) is 0 Å².